The van der Waals surface area contributed by atoms with Gasteiger partial charge in [-0.15, -0.1) is 10.2 Å². The van der Waals surface area contributed by atoms with E-state index in [1.54, 1.807) is 23.0 Å². The maximum Gasteiger partial charge on any atom is 0.207 e. The predicted molar refractivity (Wildman–Crippen MR) is 88.9 cm³/mol. The van der Waals surface area contributed by atoms with Crippen LogP contribution in [-0.4, -0.2) is 24.6 Å². The quantitative estimate of drug-likeness (QED) is 0.573. The largest absolute Gasteiger partial charge is 0.369 e. The molecule has 1 aromatic carbocycles. The fourth-order valence-corrected chi connectivity index (χ4v) is 2.71. The molecule has 0 aliphatic rings. The van der Waals surface area contributed by atoms with Crippen LogP contribution in [0.3, 0.4) is 0 Å². The van der Waals surface area contributed by atoms with Crippen LogP contribution in [0.25, 0.3) is 28.0 Å². The van der Waals surface area contributed by atoms with Gasteiger partial charge in [0.15, 0.2) is 5.65 Å². The fraction of sp³-hybridized carbons (Fsp3) is 0. The van der Waals surface area contributed by atoms with E-state index in [1.165, 1.54) is 0 Å². The van der Waals surface area contributed by atoms with E-state index in [0.29, 0.717) is 16.7 Å². The van der Waals surface area contributed by atoms with E-state index in [4.69, 9.17) is 17.3 Å². The van der Waals surface area contributed by atoms with Crippen molar-refractivity contribution in [2.45, 2.75) is 0 Å². The highest BCUT2D eigenvalue weighted by Crippen LogP contribution is 2.34. The molecule has 112 valence electrons. The Kier molecular flexibility index (Phi) is 3.17. The van der Waals surface area contributed by atoms with Crippen LogP contribution in [0.15, 0.2) is 55.0 Å². The molecule has 0 radical (unpaired) electrons. The first-order valence-electron chi connectivity index (χ1n) is 6.90. The molecule has 0 aliphatic heterocycles. The molecule has 23 heavy (non-hydrogen) atoms. The number of rotatable bonds is 2. The lowest BCUT2D eigenvalue weighted by Crippen LogP contribution is -2.04. The number of benzene rings is 1. The topological polar surface area (TPSA) is 82.0 Å². The Morgan fingerprint density at radius 2 is 1.87 bits per heavy atom. The molecular formula is C16H11ClN6. The Bertz CT molecular complexity index is 996. The number of fused-ring (bicyclic) bond motifs is 1. The molecule has 0 unspecified atom stereocenters. The van der Waals surface area contributed by atoms with E-state index < -0.39 is 0 Å². The Morgan fingerprint density at radius 3 is 2.65 bits per heavy atom. The second-order valence-corrected chi connectivity index (χ2v) is 5.34. The van der Waals surface area contributed by atoms with Crippen molar-refractivity contribution in [3.05, 3.63) is 60.1 Å². The maximum absolute atomic E-state index is 6.05. The van der Waals surface area contributed by atoms with Crippen molar-refractivity contribution in [3.63, 3.8) is 0 Å². The molecule has 0 fully saturated rings. The minimum absolute atomic E-state index is 0.327. The first kappa shape index (κ1) is 13.7. The van der Waals surface area contributed by atoms with Crippen molar-refractivity contribution in [1.82, 2.24) is 24.6 Å². The Balaban J connectivity index is 2.11. The van der Waals surface area contributed by atoms with Crippen LogP contribution in [0, 0.1) is 0 Å². The minimum Gasteiger partial charge on any atom is -0.369 e. The van der Waals surface area contributed by atoms with Gasteiger partial charge in [0.25, 0.3) is 0 Å². The van der Waals surface area contributed by atoms with E-state index in [-0.39, 0.29) is 0 Å². The van der Waals surface area contributed by atoms with Crippen LogP contribution in [0.4, 0.5) is 5.95 Å². The predicted octanol–water partition coefficient (Wildman–Crippen LogP) is 3.09. The molecule has 6 nitrogen and oxygen atoms in total. The van der Waals surface area contributed by atoms with Gasteiger partial charge in [0.2, 0.25) is 5.95 Å². The van der Waals surface area contributed by atoms with Gasteiger partial charge in [-0.05, 0) is 17.7 Å². The van der Waals surface area contributed by atoms with Crippen LogP contribution in [-0.2, 0) is 0 Å². The number of hydrogen-bond donors (Lipinski definition) is 1. The van der Waals surface area contributed by atoms with Gasteiger partial charge in [-0.3, -0.25) is 4.40 Å². The molecule has 3 heterocycles. The fourth-order valence-electron chi connectivity index (χ4n) is 2.53. The minimum atomic E-state index is 0.327. The second kappa shape index (κ2) is 5.33. The van der Waals surface area contributed by atoms with E-state index in [1.807, 2.05) is 36.4 Å². The van der Waals surface area contributed by atoms with Crippen LogP contribution in [0.1, 0.15) is 0 Å². The molecule has 3 aromatic heterocycles. The monoisotopic (exact) mass is 322 g/mol. The summed E-state index contributed by atoms with van der Waals surface area (Å²) in [5, 5.41) is 8.55. The van der Waals surface area contributed by atoms with Crippen molar-refractivity contribution in [2.75, 3.05) is 5.73 Å². The van der Waals surface area contributed by atoms with Crippen molar-refractivity contribution in [3.8, 4) is 22.4 Å². The van der Waals surface area contributed by atoms with Crippen molar-refractivity contribution < 1.29 is 0 Å². The molecule has 4 rings (SSSR count). The van der Waals surface area contributed by atoms with E-state index in [0.717, 1.165) is 22.4 Å². The van der Waals surface area contributed by atoms with Crippen LogP contribution in [0.2, 0.25) is 5.15 Å². The first-order valence-corrected chi connectivity index (χ1v) is 7.28. The summed E-state index contributed by atoms with van der Waals surface area (Å²) >= 11 is 6.05. The van der Waals surface area contributed by atoms with Crippen molar-refractivity contribution in [1.29, 1.82) is 0 Å². The van der Waals surface area contributed by atoms with Crippen LogP contribution in [0.5, 0.6) is 0 Å². The number of aromatic nitrogens is 5. The van der Waals surface area contributed by atoms with Crippen molar-refractivity contribution >= 4 is 23.2 Å². The average molecular weight is 323 g/mol. The summed E-state index contributed by atoms with van der Waals surface area (Å²) in [6, 6.07) is 13.4. The van der Waals surface area contributed by atoms with Gasteiger partial charge in [-0.25, -0.2) is 9.97 Å². The molecule has 0 saturated heterocycles. The normalized spacial score (nSPS) is 11.0. The third kappa shape index (κ3) is 2.29. The summed E-state index contributed by atoms with van der Waals surface area (Å²) in [5.41, 5.74) is 10.0. The number of nitrogen functional groups attached to an aromatic ring is 1. The van der Waals surface area contributed by atoms with Gasteiger partial charge in [0, 0.05) is 11.8 Å². The molecule has 0 aliphatic carbocycles. The number of nitrogens with two attached hydrogens (primary N) is 1. The number of pyridine rings is 1. The molecule has 0 amide bonds. The van der Waals surface area contributed by atoms with E-state index in [9.17, 15) is 0 Å². The molecule has 4 aromatic rings. The van der Waals surface area contributed by atoms with Gasteiger partial charge in [0.05, 0.1) is 11.3 Å². The Labute approximate surface area is 136 Å². The first-order chi connectivity index (χ1) is 11.2. The lowest BCUT2D eigenvalue weighted by molar-refractivity contribution is 1.09. The lowest BCUT2D eigenvalue weighted by atomic mass is 10.0. The third-order valence-electron chi connectivity index (χ3n) is 3.54. The highest BCUT2D eigenvalue weighted by molar-refractivity contribution is 6.29. The summed E-state index contributed by atoms with van der Waals surface area (Å²) in [4.78, 5) is 8.58. The van der Waals surface area contributed by atoms with Gasteiger partial charge >= 0.3 is 0 Å². The number of halogens is 1. The van der Waals surface area contributed by atoms with Crippen LogP contribution < -0.4 is 5.73 Å². The molecule has 7 heteroatoms. The zero-order valence-corrected chi connectivity index (χ0v) is 12.6. The lowest BCUT2D eigenvalue weighted by Gasteiger charge is -2.12. The molecule has 0 atom stereocenters. The standard InChI is InChI=1S/C16H11ClN6/c17-12-8-11(6-7-19-12)13-14(10-4-2-1-3-5-10)21-16(18)23-9-20-22-15(13)23/h1-9H,(H2,18,21). The average Bonchev–Trinajstić information content (AvgIpc) is 3.05. The van der Waals surface area contributed by atoms with Crippen LogP contribution >= 0.6 is 11.6 Å². The summed E-state index contributed by atoms with van der Waals surface area (Å²) in [7, 11) is 0. The van der Waals surface area contributed by atoms with Gasteiger partial charge in [-0.1, -0.05) is 41.9 Å². The summed E-state index contributed by atoms with van der Waals surface area (Å²) in [5.74, 6) is 0.327. The third-order valence-corrected chi connectivity index (χ3v) is 3.75. The molecule has 0 bridgehead atoms. The molecule has 2 N–H and O–H groups in total. The highest BCUT2D eigenvalue weighted by atomic mass is 35.5. The van der Waals surface area contributed by atoms with E-state index in [2.05, 4.69) is 20.2 Å². The number of hydrogen-bond acceptors (Lipinski definition) is 5. The Morgan fingerprint density at radius 1 is 1.04 bits per heavy atom. The second-order valence-electron chi connectivity index (χ2n) is 4.95. The maximum atomic E-state index is 6.05. The van der Waals surface area contributed by atoms with Gasteiger partial charge in [-0.2, -0.15) is 0 Å². The zero-order chi connectivity index (χ0) is 15.8. The molecular weight excluding hydrogens is 312 g/mol. The molecule has 0 spiro atoms. The SMILES string of the molecule is Nc1nc(-c2ccccc2)c(-c2ccnc(Cl)c2)c2nncn12. The highest BCUT2D eigenvalue weighted by Gasteiger charge is 2.18. The van der Waals surface area contributed by atoms with Gasteiger partial charge in [0.1, 0.15) is 11.5 Å². The summed E-state index contributed by atoms with van der Waals surface area (Å²) in [6.07, 6.45) is 3.19. The van der Waals surface area contributed by atoms with E-state index >= 15 is 0 Å². The summed E-state index contributed by atoms with van der Waals surface area (Å²) < 4.78 is 1.65. The van der Waals surface area contributed by atoms with Gasteiger partial charge < -0.3 is 5.73 Å². The summed E-state index contributed by atoms with van der Waals surface area (Å²) in [6.45, 7) is 0. The smallest absolute Gasteiger partial charge is 0.207 e. The zero-order valence-electron chi connectivity index (χ0n) is 11.9. The number of anilines is 1. The number of nitrogens with zero attached hydrogens (tertiary/aromatic N) is 5. The van der Waals surface area contributed by atoms with Crippen molar-refractivity contribution in [2.24, 2.45) is 0 Å². The molecule has 0 saturated carbocycles. The Hall–Kier alpha value is -2.99.